The SMILES string of the molecule is Cc1ccc2c(=S)n([C@H]3CC(O)=C(CO)O3)ccc2c1. The first-order valence-corrected chi connectivity index (χ1v) is 6.81. The van der Waals surface area contributed by atoms with Crippen molar-refractivity contribution >= 4 is 23.0 Å². The minimum Gasteiger partial charge on any atom is -0.508 e. The van der Waals surface area contributed by atoms with E-state index < -0.39 is 6.23 Å². The summed E-state index contributed by atoms with van der Waals surface area (Å²) >= 11 is 5.51. The third kappa shape index (κ3) is 2.09. The van der Waals surface area contributed by atoms with Gasteiger partial charge in [-0.3, -0.25) is 0 Å². The standard InChI is InChI=1S/C15H15NO3S/c1-9-2-3-11-10(6-9)4-5-16(15(11)20)14-7-12(18)13(8-17)19-14/h2-6,14,17-18H,7-8H2,1H3/t14-/m1/s1. The molecule has 1 aromatic carbocycles. The Morgan fingerprint density at radius 1 is 1.40 bits per heavy atom. The number of aliphatic hydroxyl groups is 2. The Morgan fingerprint density at radius 2 is 2.20 bits per heavy atom. The Labute approximate surface area is 121 Å². The third-order valence-electron chi connectivity index (χ3n) is 3.51. The molecule has 0 bridgehead atoms. The molecule has 0 radical (unpaired) electrons. The lowest BCUT2D eigenvalue weighted by Gasteiger charge is -2.17. The molecule has 1 aliphatic rings. The van der Waals surface area contributed by atoms with Crippen molar-refractivity contribution < 1.29 is 14.9 Å². The highest BCUT2D eigenvalue weighted by atomic mass is 32.1. The zero-order chi connectivity index (χ0) is 14.3. The smallest absolute Gasteiger partial charge is 0.183 e. The molecular formula is C15H15NO3S. The molecule has 1 aliphatic heterocycles. The van der Waals surface area contributed by atoms with Crippen LogP contribution in [0.25, 0.3) is 10.8 Å². The molecule has 3 rings (SSSR count). The molecular weight excluding hydrogens is 274 g/mol. The van der Waals surface area contributed by atoms with E-state index in [2.05, 4.69) is 6.07 Å². The van der Waals surface area contributed by atoms with Gasteiger partial charge >= 0.3 is 0 Å². The van der Waals surface area contributed by atoms with Gasteiger partial charge in [0.25, 0.3) is 0 Å². The molecule has 0 aliphatic carbocycles. The predicted octanol–water partition coefficient (Wildman–Crippen LogP) is 3.36. The van der Waals surface area contributed by atoms with Crippen molar-refractivity contribution in [1.29, 1.82) is 0 Å². The van der Waals surface area contributed by atoms with E-state index >= 15 is 0 Å². The van der Waals surface area contributed by atoms with Gasteiger partial charge in [-0.15, -0.1) is 0 Å². The number of ether oxygens (including phenoxy) is 1. The second-order valence-electron chi connectivity index (χ2n) is 4.92. The highest BCUT2D eigenvalue weighted by Gasteiger charge is 2.26. The Balaban J connectivity index is 2.05. The second kappa shape index (κ2) is 4.92. The number of benzene rings is 1. The molecule has 1 aromatic heterocycles. The maximum atomic E-state index is 9.71. The van der Waals surface area contributed by atoms with E-state index in [0.717, 1.165) is 10.8 Å². The first-order valence-electron chi connectivity index (χ1n) is 6.40. The Kier molecular flexibility index (Phi) is 3.23. The van der Waals surface area contributed by atoms with Gasteiger partial charge in [-0.2, -0.15) is 0 Å². The average molecular weight is 289 g/mol. The van der Waals surface area contributed by atoms with Crippen molar-refractivity contribution in [3.05, 3.63) is 52.2 Å². The summed E-state index contributed by atoms with van der Waals surface area (Å²) in [5.74, 6) is 0.310. The molecule has 2 aromatic rings. The topological polar surface area (TPSA) is 54.6 Å². The van der Waals surface area contributed by atoms with Gasteiger partial charge in [-0.05, 0) is 18.4 Å². The van der Waals surface area contributed by atoms with Crippen LogP contribution in [0, 0.1) is 11.6 Å². The van der Waals surface area contributed by atoms with Crippen molar-refractivity contribution in [3.63, 3.8) is 0 Å². The number of fused-ring (bicyclic) bond motifs is 1. The molecule has 104 valence electrons. The number of pyridine rings is 1. The van der Waals surface area contributed by atoms with E-state index in [1.807, 2.05) is 35.9 Å². The van der Waals surface area contributed by atoms with Crippen LogP contribution in [0.2, 0.25) is 0 Å². The number of hydrogen-bond donors (Lipinski definition) is 2. The summed E-state index contributed by atoms with van der Waals surface area (Å²) in [6.07, 6.45) is 1.79. The molecule has 0 spiro atoms. The van der Waals surface area contributed by atoms with Gasteiger partial charge in [0, 0.05) is 11.6 Å². The van der Waals surface area contributed by atoms with E-state index in [0.29, 0.717) is 11.1 Å². The van der Waals surface area contributed by atoms with Crippen LogP contribution in [0.15, 0.2) is 42.0 Å². The van der Waals surface area contributed by atoms with Crippen molar-refractivity contribution in [2.75, 3.05) is 6.61 Å². The molecule has 1 atom stereocenters. The zero-order valence-corrected chi connectivity index (χ0v) is 11.9. The van der Waals surface area contributed by atoms with Gasteiger partial charge < -0.3 is 19.5 Å². The van der Waals surface area contributed by atoms with Gasteiger partial charge in [0.1, 0.15) is 17.0 Å². The fraction of sp³-hybridized carbons (Fsp3) is 0.267. The summed E-state index contributed by atoms with van der Waals surface area (Å²) in [6, 6.07) is 8.08. The minimum absolute atomic E-state index is 0.0865. The summed E-state index contributed by atoms with van der Waals surface area (Å²) in [4.78, 5) is 0. The lowest BCUT2D eigenvalue weighted by molar-refractivity contribution is 0.0620. The molecule has 20 heavy (non-hydrogen) atoms. The molecule has 0 unspecified atom stereocenters. The lowest BCUT2D eigenvalue weighted by Crippen LogP contribution is -2.10. The molecule has 0 saturated carbocycles. The predicted molar refractivity (Wildman–Crippen MR) is 79.0 cm³/mol. The van der Waals surface area contributed by atoms with Crippen molar-refractivity contribution in [1.82, 2.24) is 4.57 Å². The van der Waals surface area contributed by atoms with Gasteiger partial charge in [-0.1, -0.05) is 36.0 Å². The molecule has 2 N–H and O–H groups in total. The second-order valence-corrected chi connectivity index (χ2v) is 5.31. The molecule has 2 heterocycles. The van der Waals surface area contributed by atoms with Crippen molar-refractivity contribution in [2.24, 2.45) is 0 Å². The number of nitrogens with zero attached hydrogens (tertiary/aromatic N) is 1. The average Bonchev–Trinajstić information content (AvgIpc) is 2.80. The van der Waals surface area contributed by atoms with Gasteiger partial charge in [0.2, 0.25) is 0 Å². The van der Waals surface area contributed by atoms with E-state index in [1.165, 1.54) is 5.56 Å². The number of aromatic nitrogens is 1. The van der Waals surface area contributed by atoms with E-state index in [-0.39, 0.29) is 18.1 Å². The van der Waals surface area contributed by atoms with Crippen LogP contribution >= 0.6 is 12.2 Å². The zero-order valence-electron chi connectivity index (χ0n) is 11.0. The molecule has 5 heteroatoms. The number of aryl methyl sites for hydroxylation is 1. The first kappa shape index (κ1) is 13.1. The monoisotopic (exact) mass is 289 g/mol. The number of rotatable bonds is 2. The van der Waals surface area contributed by atoms with Crippen LogP contribution in [0.3, 0.4) is 0 Å². The third-order valence-corrected chi connectivity index (χ3v) is 3.94. The van der Waals surface area contributed by atoms with Crippen LogP contribution in [0.5, 0.6) is 0 Å². The Morgan fingerprint density at radius 3 is 2.90 bits per heavy atom. The van der Waals surface area contributed by atoms with E-state index in [1.54, 1.807) is 0 Å². The Hall–Kier alpha value is -1.85. The fourth-order valence-electron chi connectivity index (χ4n) is 2.45. The molecule has 4 nitrogen and oxygen atoms in total. The van der Waals surface area contributed by atoms with Crippen LogP contribution in [0.4, 0.5) is 0 Å². The molecule has 0 amide bonds. The summed E-state index contributed by atoms with van der Waals surface area (Å²) in [5.41, 5.74) is 1.18. The normalized spacial score (nSPS) is 18.6. The first-order chi connectivity index (χ1) is 9.60. The van der Waals surface area contributed by atoms with Crippen LogP contribution in [-0.4, -0.2) is 21.4 Å². The minimum atomic E-state index is -0.393. The maximum absolute atomic E-state index is 9.71. The largest absolute Gasteiger partial charge is 0.508 e. The maximum Gasteiger partial charge on any atom is 0.183 e. The van der Waals surface area contributed by atoms with E-state index in [4.69, 9.17) is 22.1 Å². The number of hydrogen-bond acceptors (Lipinski definition) is 4. The van der Waals surface area contributed by atoms with Crippen molar-refractivity contribution in [2.45, 2.75) is 19.6 Å². The van der Waals surface area contributed by atoms with Gasteiger partial charge in [0.15, 0.2) is 12.0 Å². The Bertz CT molecular complexity index is 763. The summed E-state index contributed by atoms with van der Waals surface area (Å²) in [7, 11) is 0. The highest BCUT2D eigenvalue weighted by molar-refractivity contribution is 7.71. The number of aliphatic hydroxyl groups excluding tert-OH is 2. The van der Waals surface area contributed by atoms with Gasteiger partial charge in [0.05, 0.1) is 6.42 Å². The molecule has 0 fully saturated rings. The lowest BCUT2D eigenvalue weighted by atomic mass is 10.1. The van der Waals surface area contributed by atoms with Crippen LogP contribution < -0.4 is 0 Å². The van der Waals surface area contributed by atoms with Gasteiger partial charge in [-0.25, -0.2) is 0 Å². The highest BCUT2D eigenvalue weighted by Crippen LogP contribution is 2.32. The van der Waals surface area contributed by atoms with Crippen LogP contribution in [0.1, 0.15) is 18.2 Å². The summed E-state index contributed by atoms with van der Waals surface area (Å²) in [5, 5.41) is 20.9. The summed E-state index contributed by atoms with van der Waals surface area (Å²) in [6.45, 7) is 1.74. The van der Waals surface area contributed by atoms with Crippen molar-refractivity contribution in [3.8, 4) is 0 Å². The molecule has 0 saturated heterocycles. The fourth-order valence-corrected chi connectivity index (χ4v) is 2.81. The quantitative estimate of drug-likeness (QED) is 0.832. The van der Waals surface area contributed by atoms with E-state index in [9.17, 15) is 5.11 Å². The van der Waals surface area contributed by atoms with Crippen LogP contribution in [-0.2, 0) is 4.74 Å². The summed E-state index contributed by atoms with van der Waals surface area (Å²) < 4.78 is 8.02.